The summed E-state index contributed by atoms with van der Waals surface area (Å²) in [4.78, 5) is -0.357. The van der Waals surface area contributed by atoms with Crippen molar-refractivity contribution >= 4 is 10.0 Å². The van der Waals surface area contributed by atoms with Gasteiger partial charge in [0, 0.05) is 18.0 Å². The van der Waals surface area contributed by atoms with Crippen LogP contribution in [0.2, 0.25) is 0 Å². The van der Waals surface area contributed by atoms with Gasteiger partial charge in [0.05, 0.1) is 6.61 Å². The van der Waals surface area contributed by atoms with Crippen LogP contribution in [0.3, 0.4) is 0 Å². The van der Waals surface area contributed by atoms with Gasteiger partial charge in [-0.1, -0.05) is 18.8 Å². The molecule has 1 fully saturated rings. The molecule has 2 N–H and O–H groups in total. The van der Waals surface area contributed by atoms with Gasteiger partial charge >= 0.3 is 0 Å². The molecule has 1 aromatic carbocycles. The molecule has 2 unspecified atom stereocenters. The van der Waals surface area contributed by atoms with Crippen LogP contribution >= 0.6 is 0 Å². The highest BCUT2D eigenvalue weighted by Crippen LogP contribution is 2.31. The van der Waals surface area contributed by atoms with Crippen LogP contribution in [-0.2, 0) is 10.0 Å². The van der Waals surface area contributed by atoms with Crippen LogP contribution in [0.4, 0.5) is 4.39 Å². The van der Waals surface area contributed by atoms with Crippen molar-refractivity contribution < 1.29 is 17.9 Å². The first-order chi connectivity index (χ1) is 9.44. The molecule has 0 heterocycles. The van der Waals surface area contributed by atoms with Crippen molar-refractivity contribution in [3.63, 3.8) is 0 Å². The molecule has 2 rings (SSSR count). The Kier molecular flexibility index (Phi) is 4.43. The summed E-state index contributed by atoms with van der Waals surface area (Å²) in [6.07, 6.45) is 1.08. The van der Waals surface area contributed by atoms with E-state index in [1.165, 1.54) is 12.1 Å². The SMILES string of the molecule is CC1CC1NS(=O)(=O)c1ccc(C#CCCO)cc1F. The first-order valence-corrected chi connectivity index (χ1v) is 7.84. The quantitative estimate of drug-likeness (QED) is 0.822. The summed E-state index contributed by atoms with van der Waals surface area (Å²) < 4.78 is 40.4. The highest BCUT2D eigenvalue weighted by atomic mass is 32.2. The number of hydrogen-bond donors (Lipinski definition) is 2. The molecule has 0 aromatic heterocycles. The molecular formula is C14H16FNO3S. The van der Waals surface area contributed by atoms with Crippen molar-refractivity contribution in [2.45, 2.75) is 30.7 Å². The summed E-state index contributed by atoms with van der Waals surface area (Å²) in [7, 11) is -3.82. The van der Waals surface area contributed by atoms with Crippen LogP contribution in [0.5, 0.6) is 0 Å². The predicted octanol–water partition coefficient (Wildman–Crippen LogP) is 1.25. The topological polar surface area (TPSA) is 66.4 Å². The minimum Gasteiger partial charge on any atom is -0.395 e. The minimum absolute atomic E-state index is 0.0640. The molecule has 2 atom stereocenters. The fourth-order valence-electron chi connectivity index (χ4n) is 1.77. The summed E-state index contributed by atoms with van der Waals surface area (Å²) in [5.41, 5.74) is 0.384. The number of hydrogen-bond acceptors (Lipinski definition) is 3. The summed E-state index contributed by atoms with van der Waals surface area (Å²) >= 11 is 0. The first kappa shape index (κ1) is 15.0. The minimum atomic E-state index is -3.82. The van der Waals surface area contributed by atoms with Gasteiger partial charge in [-0.15, -0.1) is 0 Å². The summed E-state index contributed by atoms with van der Waals surface area (Å²) in [5, 5.41) is 8.60. The second-order valence-electron chi connectivity index (χ2n) is 4.86. The zero-order chi connectivity index (χ0) is 14.8. The fraction of sp³-hybridized carbons (Fsp3) is 0.429. The number of benzene rings is 1. The van der Waals surface area contributed by atoms with Gasteiger partial charge in [-0.3, -0.25) is 0 Å². The highest BCUT2D eigenvalue weighted by Gasteiger charge is 2.37. The molecule has 1 aliphatic rings. The van der Waals surface area contributed by atoms with Gasteiger partial charge in [0.1, 0.15) is 10.7 Å². The second-order valence-corrected chi connectivity index (χ2v) is 6.54. The number of aliphatic hydroxyl groups excluding tert-OH is 1. The van der Waals surface area contributed by atoms with Crippen molar-refractivity contribution in [2.24, 2.45) is 5.92 Å². The zero-order valence-corrected chi connectivity index (χ0v) is 11.9. The lowest BCUT2D eigenvalue weighted by Gasteiger charge is -2.07. The highest BCUT2D eigenvalue weighted by molar-refractivity contribution is 7.89. The van der Waals surface area contributed by atoms with Crippen LogP contribution in [-0.4, -0.2) is 26.2 Å². The summed E-state index contributed by atoms with van der Waals surface area (Å²) in [6.45, 7) is 1.87. The lowest BCUT2D eigenvalue weighted by molar-refractivity contribution is 0.305. The van der Waals surface area contributed by atoms with E-state index in [-0.39, 0.29) is 17.5 Å². The van der Waals surface area contributed by atoms with Gasteiger partial charge in [-0.05, 0) is 30.5 Å². The number of halogens is 1. The molecule has 1 aromatic rings. The maximum Gasteiger partial charge on any atom is 0.243 e. The smallest absolute Gasteiger partial charge is 0.243 e. The van der Waals surface area contributed by atoms with E-state index in [9.17, 15) is 12.8 Å². The molecule has 6 heteroatoms. The van der Waals surface area contributed by atoms with Crippen molar-refractivity contribution in [3.05, 3.63) is 29.6 Å². The van der Waals surface area contributed by atoms with Crippen LogP contribution in [0, 0.1) is 23.6 Å². The van der Waals surface area contributed by atoms with Gasteiger partial charge in [0.2, 0.25) is 10.0 Å². The van der Waals surface area contributed by atoms with E-state index in [2.05, 4.69) is 16.6 Å². The lowest BCUT2D eigenvalue weighted by Crippen LogP contribution is -2.27. The van der Waals surface area contributed by atoms with E-state index in [1.54, 1.807) is 0 Å². The number of aliphatic hydroxyl groups is 1. The normalized spacial score (nSPS) is 21.1. The maximum atomic E-state index is 13.9. The van der Waals surface area contributed by atoms with E-state index >= 15 is 0 Å². The van der Waals surface area contributed by atoms with Crippen LogP contribution < -0.4 is 4.72 Å². The number of rotatable bonds is 4. The van der Waals surface area contributed by atoms with E-state index < -0.39 is 15.8 Å². The molecular weight excluding hydrogens is 281 g/mol. The molecule has 0 radical (unpaired) electrons. The van der Waals surface area contributed by atoms with Crippen molar-refractivity contribution in [2.75, 3.05) is 6.61 Å². The summed E-state index contributed by atoms with van der Waals surface area (Å²) in [5.74, 6) is 4.80. The molecule has 4 nitrogen and oxygen atoms in total. The molecule has 0 spiro atoms. The zero-order valence-electron chi connectivity index (χ0n) is 11.1. The molecule has 0 saturated heterocycles. The molecule has 0 aliphatic heterocycles. The fourth-order valence-corrected chi connectivity index (χ4v) is 3.18. The van der Waals surface area contributed by atoms with Crippen molar-refractivity contribution in [1.82, 2.24) is 4.72 Å². The molecule has 108 valence electrons. The van der Waals surface area contributed by atoms with Gasteiger partial charge in [-0.2, -0.15) is 0 Å². The standard InChI is InChI=1S/C14H16FNO3S/c1-10-8-13(10)16-20(18,19)14-6-5-11(9-12(14)15)4-2-3-7-17/h5-6,9-10,13,16-17H,3,7-8H2,1H3. The van der Waals surface area contributed by atoms with Gasteiger partial charge in [-0.25, -0.2) is 17.5 Å². The van der Waals surface area contributed by atoms with Crippen LogP contribution in [0.1, 0.15) is 25.3 Å². The maximum absolute atomic E-state index is 13.9. The van der Waals surface area contributed by atoms with E-state index in [1.807, 2.05) is 6.92 Å². The third-order valence-electron chi connectivity index (χ3n) is 3.11. The Morgan fingerprint density at radius 3 is 2.75 bits per heavy atom. The molecule has 0 amide bonds. The van der Waals surface area contributed by atoms with E-state index in [4.69, 9.17) is 5.11 Å². The van der Waals surface area contributed by atoms with Crippen LogP contribution in [0.15, 0.2) is 23.1 Å². The average Bonchev–Trinajstić information content (AvgIpc) is 3.04. The number of nitrogens with one attached hydrogen (secondary N) is 1. The van der Waals surface area contributed by atoms with Gasteiger partial charge < -0.3 is 5.11 Å². The third-order valence-corrected chi connectivity index (χ3v) is 4.63. The van der Waals surface area contributed by atoms with E-state index in [0.29, 0.717) is 17.9 Å². The third kappa shape index (κ3) is 3.57. The molecule has 1 saturated carbocycles. The Hall–Kier alpha value is -1.42. The Balaban J connectivity index is 2.19. The largest absolute Gasteiger partial charge is 0.395 e. The average molecular weight is 297 g/mol. The number of sulfonamides is 1. The molecule has 1 aliphatic carbocycles. The van der Waals surface area contributed by atoms with E-state index in [0.717, 1.165) is 12.5 Å². The first-order valence-electron chi connectivity index (χ1n) is 6.35. The monoisotopic (exact) mass is 297 g/mol. The molecule has 0 bridgehead atoms. The van der Waals surface area contributed by atoms with Gasteiger partial charge in [0.25, 0.3) is 0 Å². The van der Waals surface area contributed by atoms with Crippen molar-refractivity contribution in [1.29, 1.82) is 0 Å². The van der Waals surface area contributed by atoms with Gasteiger partial charge in [0.15, 0.2) is 0 Å². The predicted molar refractivity (Wildman–Crippen MR) is 72.9 cm³/mol. The Morgan fingerprint density at radius 1 is 1.50 bits per heavy atom. The Labute approximate surface area is 118 Å². The lowest BCUT2D eigenvalue weighted by atomic mass is 10.2. The summed E-state index contributed by atoms with van der Waals surface area (Å²) in [6, 6.07) is 3.67. The van der Waals surface area contributed by atoms with Crippen LogP contribution in [0.25, 0.3) is 0 Å². The van der Waals surface area contributed by atoms with Crippen molar-refractivity contribution in [3.8, 4) is 11.8 Å². The molecule has 20 heavy (non-hydrogen) atoms. The Morgan fingerprint density at radius 2 is 2.20 bits per heavy atom. The second kappa shape index (κ2) is 5.92. The Bertz CT molecular complexity index is 661.